The van der Waals surface area contributed by atoms with E-state index in [0.717, 1.165) is 30.5 Å². The second-order valence-corrected chi connectivity index (χ2v) is 8.42. The molecule has 2 aliphatic rings. The van der Waals surface area contributed by atoms with Gasteiger partial charge in [-0.1, -0.05) is 26.0 Å². The SMILES string of the molecule is CCCOc1ccc([C@@H]2[C@@H]3CN(CCC)CC=C3C(C#N)=C(N)C2(C#N)C#N)cc1OCC. The second kappa shape index (κ2) is 10.4. The van der Waals surface area contributed by atoms with Crippen LogP contribution in [0.15, 0.2) is 41.1 Å². The first-order valence-electron chi connectivity index (χ1n) is 11.6. The summed E-state index contributed by atoms with van der Waals surface area (Å²) in [6.45, 7) is 9.32. The molecule has 172 valence electrons. The van der Waals surface area contributed by atoms with Crippen molar-refractivity contribution in [2.75, 3.05) is 32.8 Å². The summed E-state index contributed by atoms with van der Waals surface area (Å²) in [6.07, 6.45) is 3.88. The molecule has 3 rings (SSSR count). The Morgan fingerprint density at radius 3 is 2.45 bits per heavy atom. The summed E-state index contributed by atoms with van der Waals surface area (Å²) < 4.78 is 11.7. The largest absolute Gasteiger partial charge is 0.490 e. The van der Waals surface area contributed by atoms with E-state index in [2.05, 4.69) is 30.0 Å². The molecule has 1 aromatic rings. The van der Waals surface area contributed by atoms with Crippen LogP contribution in [0, 0.1) is 45.3 Å². The Kier molecular flexibility index (Phi) is 7.64. The van der Waals surface area contributed by atoms with E-state index in [-0.39, 0.29) is 17.2 Å². The van der Waals surface area contributed by atoms with Gasteiger partial charge in [0.25, 0.3) is 0 Å². The van der Waals surface area contributed by atoms with E-state index in [9.17, 15) is 15.8 Å². The molecule has 33 heavy (non-hydrogen) atoms. The molecule has 0 saturated heterocycles. The van der Waals surface area contributed by atoms with Gasteiger partial charge >= 0.3 is 0 Å². The summed E-state index contributed by atoms with van der Waals surface area (Å²) in [4.78, 5) is 2.29. The van der Waals surface area contributed by atoms with Crippen LogP contribution in [0.4, 0.5) is 0 Å². The van der Waals surface area contributed by atoms with Gasteiger partial charge in [0, 0.05) is 24.9 Å². The molecule has 7 heteroatoms. The fourth-order valence-corrected chi connectivity index (χ4v) is 4.93. The fourth-order valence-electron chi connectivity index (χ4n) is 4.93. The molecule has 2 atom stereocenters. The monoisotopic (exact) mass is 445 g/mol. The lowest BCUT2D eigenvalue weighted by atomic mass is 9.58. The Hall–Kier alpha value is -3.47. The first kappa shape index (κ1) is 24.2. The summed E-state index contributed by atoms with van der Waals surface area (Å²) in [5, 5.41) is 30.4. The van der Waals surface area contributed by atoms with E-state index in [0.29, 0.717) is 37.8 Å². The highest BCUT2D eigenvalue weighted by Crippen LogP contribution is 2.54. The summed E-state index contributed by atoms with van der Waals surface area (Å²) in [6, 6.07) is 12.2. The van der Waals surface area contributed by atoms with E-state index in [1.165, 1.54) is 0 Å². The van der Waals surface area contributed by atoms with Crippen LogP contribution in [0.25, 0.3) is 0 Å². The highest BCUT2D eigenvalue weighted by atomic mass is 16.5. The van der Waals surface area contributed by atoms with Crippen LogP contribution in [0.2, 0.25) is 0 Å². The van der Waals surface area contributed by atoms with Gasteiger partial charge in [-0.2, -0.15) is 15.8 Å². The van der Waals surface area contributed by atoms with Crippen LogP contribution in [0.1, 0.15) is 45.1 Å². The van der Waals surface area contributed by atoms with Crippen molar-refractivity contribution in [1.82, 2.24) is 4.90 Å². The van der Waals surface area contributed by atoms with Crippen molar-refractivity contribution in [3.63, 3.8) is 0 Å². The molecule has 2 N–H and O–H groups in total. The first-order valence-corrected chi connectivity index (χ1v) is 11.6. The molecule has 0 bridgehead atoms. The van der Waals surface area contributed by atoms with Crippen molar-refractivity contribution in [3.05, 3.63) is 46.7 Å². The first-order chi connectivity index (χ1) is 16.0. The maximum absolute atomic E-state index is 10.3. The van der Waals surface area contributed by atoms with Gasteiger partial charge in [0.1, 0.15) is 6.07 Å². The van der Waals surface area contributed by atoms with E-state index in [1.54, 1.807) is 0 Å². The zero-order chi connectivity index (χ0) is 24.0. The standard InChI is InChI=1S/C26H31N5O2/c1-4-10-31-11-9-19-20(14-27)25(30)26(16-28,17-29)24(21(19)15-31)18-7-8-22(33-12-5-2)23(13-18)32-6-3/h7-9,13,21,24H,4-6,10-12,15,30H2,1-3H3/t21-,24-/m1/s1. The van der Waals surface area contributed by atoms with Crippen LogP contribution in [0.5, 0.6) is 11.5 Å². The van der Waals surface area contributed by atoms with Gasteiger partial charge in [0.05, 0.1) is 36.6 Å². The smallest absolute Gasteiger partial charge is 0.191 e. The zero-order valence-corrected chi connectivity index (χ0v) is 19.6. The van der Waals surface area contributed by atoms with Gasteiger partial charge in [-0.15, -0.1) is 0 Å². The lowest BCUT2D eigenvalue weighted by Gasteiger charge is -2.45. The molecule has 7 nitrogen and oxygen atoms in total. The fraction of sp³-hybridized carbons (Fsp3) is 0.500. The molecule has 0 saturated carbocycles. The van der Waals surface area contributed by atoms with Crippen molar-refractivity contribution in [3.8, 4) is 29.7 Å². The summed E-state index contributed by atoms with van der Waals surface area (Å²) in [5.74, 6) is 0.443. The molecular weight excluding hydrogens is 414 g/mol. The number of benzene rings is 1. The quantitative estimate of drug-likeness (QED) is 0.642. The van der Waals surface area contributed by atoms with Crippen molar-refractivity contribution < 1.29 is 9.47 Å². The van der Waals surface area contributed by atoms with Crippen molar-refractivity contribution in [2.45, 2.75) is 39.5 Å². The van der Waals surface area contributed by atoms with Crippen LogP contribution < -0.4 is 15.2 Å². The van der Waals surface area contributed by atoms with Crippen molar-refractivity contribution >= 4 is 0 Å². The third-order valence-corrected chi connectivity index (χ3v) is 6.37. The molecule has 0 spiro atoms. The van der Waals surface area contributed by atoms with E-state index in [1.807, 2.05) is 38.1 Å². The molecule has 1 heterocycles. The minimum atomic E-state index is -1.66. The van der Waals surface area contributed by atoms with E-state index >= 15 is 0 Å². The van der Waals surface area contributed by atoms with Crippen LogP contribution in [-0.4, -0.2) is 37.7 Å². The second-order valence-electron chi connectivity index (χ2n) is 8.42. The van der Waals surface area contributed by atoms with Crippen LogP contribution in [0.3, 0.4) is 0 Å². The maximum Gasteiger partial charge on any atom is 0.191 e. The number of nitriles is 3. The number of rotatable bonds is 8. The minimum absolute atomic E-state index is 0.0377. The third-order valence-electron chi connectivity index (χ3n) is 6.37. The predicted molar refractivity (Wildman–Crippen MR) is 125 cm³/mol. The summed E-state index contributed by atoms with van der Waals surface area (Å²) in [7, 11) is 0. The van der Waals surface area contributed by atoms with Gasteiger partial charge in [-0.05, 0) is 49.6 Å². The average Bonchev–Trinajstić information content (AvgIpc) is 2.83. The molecule has 1 aliphatic carbocycles. The Bertz CT molecular complexity index is 1060. The van der Waals surface area contributed by atoms with Crippen LogP contribution >= 0.6 is 0 Å². The van der Waals surface area contributed by atoms with Gasteiger partial charge < -0.3 is 15.2 Å². The van der Waals surface area contributed by atoms with Gasteiger partial charge in [-0.25, -0.2) is 0 Å². The molecule has 0 fully saturated rings. The minimum Gasteiger partial charge on any atom is -0.490 e. The van der Waals surface area contributed by atoms with E-state index < -0.39 is 11.3 Å². The Balaban J connectivity index is 2.22. The molecule has 0 unspecified atom stereocenters. The van der Waals surface area contributed by atoms with Gasteiger partial charge in [-0.3, -0.25) is 4.90 Å². The van der Waals surface area contributed by atoms with Crippen LogP contribution in [-0.2, 0) is 0 Å². The molecule has 0 aromatic heterocycles. The number of hydrogen-bond donors (Lipinski definition) is 1. The van der Waals surface area contributed by atoms with Gasteiger partial charge in [0.2, 0.25) is 0 Å². The number of nitrogens with two attached hydrogens (primary N) is 1. The highest BCUT2D eigenvalue weighted by Gasteiger charge is 2.54. The maximum atomic E-state index is 10.3. The Labute approximate surface area is 196 Å². The molecule has 1 aromatic carbocycles. The normalized spacial score (nSPS) is 21.8. The summed E-state index contributed by atoms with van der Waals surface area (Å²) >= 11 is 0. The van der Waals surface area contributed by atoms with Crippen molar-refractivity contribution in [1.29, 1.82) is 15.8 Å². The number of nitrogens with zero attached hydrogens (tertiary/aromatic N) is 4. The molecular formula is C26H31N5O2. The Morgan fingerprint density at radius 1 is 1.09 bits per heavy atom. The van der Waals surface area contributed by atoms with E-state index in [4.69, 9.17) is 15.2 Å². The lowest BCUT2D eigenvalue weighted by molar-refractivity contribution is 0.207. The number of hydrogen-bond acceptors (Lipinski definition) is 7. The average molecular weight is 446 g/mol. The van der Waals surface area contributed by atoms with Crippen molar-refractivity contribution in [2.24, 2.45) is 17.1 Å². The lowest BCUT2D eigenvalue weighted by Crippen LogP contribution is -2.48. The number of fused-ring (bicyclic) bond motifs is 1. The topological polar surface area (TPSA) is 119 Å². The molecule has 0 radical (unpaired) electrons. The third kappa shape index (κ3) is 4.28. The number of ether oxygens (including phenoxy) is 2. The predicted octanol–water partition coefficient (Wildman–Crippen LogP) is 4.01. The zero-order valence-electron chi connectivity index (χ0n) is 19.6. The summed E-state index contributed by atoms with van der Waals surface area (Å²) in [5.41, 5.74) is 6.67. The molecule has 1 aliphatic heterocycles. The van der Waals surface area contributed by atoms with Gasteiger partial charge in [0.15, 0.2) is 16.9 Å². The highest BCUT2D eigenvalue weighted by molar-refractivity contribution is 5.60. The Morgan fingerprint density at radius 2 is 1.85 bits per heavy atom. The molecule has 0 amide bonds. The number of allylic oxidation sites excluding steroid dienone is 2.